The summed E-state index contributed by atoms with van der Waals surface area (Å²) < 4.78 is 32.8. The van der Waals surface area contributed by atoms with E-state index < -0.39 is 10.0 Å². The Hall–Kier alpha value is -3.32. The summed E-state index contributed by atoms with van der Waals surface area (Å²) in [5.41, 5.74) is 1.43. The molecule has 3 rings (SSSR count). The van der Waals surface area contributed by atoms with Gasteiger partial charge in [0.15, 0.2) is 0 Å². The third-order valence-electron chi connectivity index (χ3n) is 3.94. The van der Waals surface area contributed by atoms with Crippen molar-refractivity contribution in [1.29, 1.82) is 0 Å². The van der Waals surface area contributed by atoms with Crippen LogP contribution < -0.4 is 14.8 Å². The number of ether oxygens (including phenoxy) is 1. The van der Waals surface area contributed by atoms with E-state index in [-0.39, 0.29) is 16.9 Å². The maximum absolute atomic E-state index is 12.4. The standard InChI is InChI=1S/C22H22N2O4S/c1-16(2)28-20-14-12-18(13-15-20)23-22(25)17-8-10-19(11-9-17)24-29(26,27)21-6-4-3-5-7-21/h3-16,24H,1-2H3,(H,23,25). The monoisotopic (exact) mass is 410 g/mol. The normalized spacial score (nSPS) is 11.1. The number of rotatable bonds is 7. The van der Waals surface area contributed by atoms with Gasteiger partial charge in [0.05, 0.1) is 11.0 Å². The Kier molecular flexibility index (Phi) is 6.19. The van der Waals surface area contributed by atoms with Gasteiger partial charge >= 0.3 is 0 Å². The van der Waals surface area contributed by atoms with Crippen molar-refractivity contribution >= 4 is 27.3 Å². The third-order valence-corrected chi connectivity index (χ3v) is 5.33. The van der Waals surface area contributed by atoms with Gasteiger partial charge in [-0.25, -0.2) is 8.42 Å². The number of hydrogen-bond donors (Lipinski definition) is 2. The van der Waals surface area contributed by atoms with Gasteiger partial charge < -0.3 is 10.1 Å². The van der Waals surface area contributed by atoms with Crippen LogP contribution in [0.25, 0.3) is 0 Å². The molecule has 6 nitrogen and oxygen atoms in total. The first-order chi connectivity index (χ1) is 13.8. The highest BCUT2D eigenvalue weighted by Crippen LogP contribution is 2.19. The fourth-order valence-corrected chi connectivity index (χ4v) is 3.68. The zero-order chi connectivity index (χ0) is 20.9. The molecule has 0 aliphatic rings. The Labute approximate surface area is 170 Å². The molecule has 0 heterocycles. The highest BCUT2D eigenvalue weighted by molar-refractivity contribution is 7.92. The van der Waals surface area contributed by atoms with Crippen LogP contribution in [0.15, 0.2) is 83.8 Å². The molecule has 0 aliphatic carbocycles. The number of carbonyl (C=O) groups excluding carboxylic acids is 1. The van der Waals surface area contributed by atoms with Crippen molar-refractivity contribution in [2.24, 2.45) is 0 Å². The zero-order valence-electron chi connectivity index (χ0n) is 16.1. The lowest BCUT2D eigenvalue weighted by Crippen LogP contribution is -2.14. The first-order valence-electron chi connectivity index (χ1n) is 9.09. The maximum Gasteiger partial charge on any atom is 0.261 e. The van der Waals surface area contributed by atoms with Crippen LogP contribution in [-0.2, 0) is 10.0 Å². The second kappa shape index (κ2) is 8.79. The van der Waals surface area contributed by atoms with Gasteiger partial charge in [0.25, 0.3) is 15.9 Å². The largest absolute Gasteiger partial charge is 0.491 e. The fraction of sp³-hybridized carbons (Fsp3) is 0.136. The summed E-state index contributed by atoms with van der Waals surface area (Å²) in [6.45, 7) is 3.89. The molecule has 0 aliphatic heterocycles. The van der Waals surface area contributed by atoms with E-state index in [2.05, 4.69) is 10.0 Å². The van der Waals surface area contributed by atoms with Gasteiger partial charge in [-0.2, -0.15) is 0 Å². The molecule has 0 bridgehead atoms. The van der Waals surface area contributed by atoms with Gasteiger partial charge in [-0.3, -0.25) is 9.52 Å². The second-order valence-corrected chi connectivity index (χ2v) is 8.32. The van der Waals surface area contributed by atoms with Crippen LogP contribution in [0.5, 0.6) is 5.75 Å². The molecule has 0 saturated heterocycles. The minimum Gasteiger partial charge on any atom is -0.491 e. The molecule has 0 atom stereocenters. The Morgan fingerprint density at radius 1 is 0.828 bits per heavy atom. The molecule has 3 aromatic rings. The minimum absolute atomic E-state index is 0.0771. The van der Waals surface area contributed by atoms with Crippen LogP contribution in [0.1, 0.15) is 24.2 Å². The second-order valence-electron chi connectivity index (χ2n) is 6.64. The van der Waals surface area contributed by atoms with E-state index in [0.29, 0.717) is 16.9 Å². The highest BCUT2D eigenvalue weighted by Gasteiger charge is 2.14. The maximum atomic E-state index is 12.4. The predicted octanol–water partition coefficient (Wildman–Crippen LogP) is 4.53. The molecule has 3 aromatic carbocycles. The van der Waals surface area contributed by atoms with Gasteiger partial charge in [-0.15, -0.1) is 0 Å². The summed E-state index contributed by atoms with van der Waals surface area (Å²) in [5.74, 6) is 0.438. The summed E-state index contributed by atoms with van der Waals surface area (Å²) >= 11 is 0. The molecule has 0 saturated carbocycles. The summed E-state index contributed by atoms with van der Waals surface area (Å²) in [7, 11) is -3.67. The number of hydrogen-bond acceptors (Lipinski definition) is 4. The van der Waals surface area contributed by atoms with Gasteiger partial charge in [0, 0.05) is 16.9 Å². The van der Waals surface area contributed by atoms with Crippen molar-refractivity contribution in [3.63, 3.8) is 0 Å². The van der Waals surface area contributed by atoms with Crippen molar-refractivity contribution in [1.82, 2.24) is 0 Å². The fourth-order valence-electron chi connectivity index (χ4n) is 2.60. The summed E-state index contributed by atoms with van der Waals surface area (Å²) in [5, 5.41) is 2.80. The van der Waals surface area contributed by atoms with Crippen molar-refractivity contribution in [2.75, 3.05) is 10.0 Å². The lowest BCUT2D eigenvalue weighted by atomic mass is 10.2. The van der Waals surface area contributed by atoms with E-state index in [1.165, 1.54) is 12.1 Å². The molecule has 7 heteroatoms. The molecule has 2 N–H and O–H groups in total. The van der Waals surface area contributed by atoms with Crippen LogP contribution in [0.4, 0.5) is 11.4 Å². The van der Waals surface area contributed by atoms with E-state index in [1.807, 2.05) is 13.8 Å². The smallest absolute Gasteiger partial charge is 0.261 e. The molecule has 0 spiro atoms. The van der Waals surface area contributed by atoms with Gasteiger partial charge in [0.1, 0.15) is 5.75 Å². The van der Waals surface area contributed by atoms with Crippen molar-refractivity contribution < 1.29 is 17.9 Å². The molecular weight excluding hydrogens is 388 g/mol. The Morgan fingerprint density at radius 3 is 2.00 bits per heavy atom. The van der Waals surface area contributed by atoms with Crippen molar-refractivity contribution in [3.8, 4) is 5.75 Å². The highest BCUT2D eigenvalue weighted by atomic mass is 32.2. The van der Waals surface area contributed by atoms with E-state index in [1.54, 1.807) is 66.7 Å². The van der Waals surface area contributed by atoms with E-state index in [0.717, 1.165) is 5.75 Å². The molecule has 29 heavy (non-hydrogen) atoms. The van der Waals surface area contributed by atoms with Crippen molar-refractivity contribution in [2.45, 2.75) is 24.8 Å². The Balaban J connectivity index is 1.64. The predicted molar refractivity (Wildman–Crippen MR) is 114 cm³/mol. The van der Waals surface area contributed by atoms with E-state index in [9.17, 15) is 13.2 Å². The average molecular weight is 410 g/mol. The molecule has 150 valence electrons. The van der Waals surface area contributed by atoms with E-state index >= 15 is 0 Å². The van der Waals surface area contributed by atoms with Crippen LogP contribution in [0.3, 0.4) is 0 Å². The van der Waals surface area contributed by atoms with Crippen LogP contribution in [0, 0.1) is 0 Å². The van der Waals surface area contributed by atoms with Gasteiger partial charge in [0.2, 0.25) is 0 Å². The molecule has 0 aromatic heterocycles. The number of sulfonamides is 1. The van der Waals surface area contributed by atoms with Crippen LogP contribution >= 0.6 is 0 Å². The number of carbonyl (C=O) groups is 1. The summed E-state index contributed by atoms with van der Waals surface area (Å²) in [6.07, 6.45) is 0.0771. The Bertz CT molecular complexity index is 1060. The first kappa shape index (κ1) is 20.4. The minimum atomic E-state index is -3.67. The lowest BCUT2D eigenvalue weighted by molar-refractivity contribution is 0.102. The van der Waals surface area contributed by atoms with Crippen LogP contribution in [-0.4, -0.2) is 20.4 Å². The third kappa shape index (κ3) is 5.58. The van der Waals surface area contributed by atoms with Crippen LogP contribution in [0.2, 0.25) is 0 Å². The lowest BCUT2D eigenvalue weighted by Gasteiger charge is -2.11. The molecular formula is C22H22N2O4S. The number of amides is 1. The number of nitrogens with one attached hydrogen (secondary N) is 2. The average Bonchev–Trinajstić information content (AvgIpc) is 2.70. The molecule has 0 fully saturated rings. The SMILES string of the molecule is CC(C)Oc1ccc(NC(=O)c2ccc(NS(=O)(=O)c3ccccc3)cc2)cc1. The summed E-state index contributed by atoms with van der Waals surface area (Å²) in [4.78, 5) is 12.6. The molecule has 1 amide bonds. The Morgan fingerprint density at radius 2 is 1.41 bits per heavy atom. The molecule has 0 radical (unpaired) electrons. The van der Waals surface area contributed by atoms with Crippen molar-refractivity contribution in [3.05, 3.63) is 84.4 Å². The van der Waals surface area contributed by atoms with Gasteiger partial charge in [-0.05, 0) is 74.5 Å². The quantitative estimate of drug-likeness (QED) is 0.599. The number of benzene rings is 3. The molecule has 0 unspecified atom stereocenters. The summed E-state index contributed by atoms with van der Waals surface area (Å²) in [6, 6.07) is 21.4. The number of anilines is 2. The van der Waals surface area contributed by atoms with Gasteiger partial charge in [-0.1, -0.05) is 18.2 Å². The first-order valence-corrected chi connectivity index (χ1v) is 10.6. The zero-order valence-corrected chi connectivity index (χ0v) is 16.9. The topological polar surface area (TPSA) is 84.5 Å². The van der Waals surface area contributed by atoms with E-state index in [4.69, 9.17) is 4.74 Å².